The van der Waals surface area contributed by atoms with Crippen LogP contribution in [0.4, 0.5) is 0 Å². The smallest absolute Gasteiger partial charge is 0.189 e. The SMILES string of the molecule is CCCCCCOC[C@H](CO)SC(=O)CCc1ccccc1. The van der Waals surface area contributed by atoms with Gasteiger partial charge in [0, 0.05) is 13.0 Å². The molecule has 1 aromatic carbocycles. The van der Waals surface area contributed by atoms with Crippen molar-refractivity contribution < 1.29 is 14.6 Å². The summed E-state index contributed by atoms with van der Waals surface area (Å²) in [5.41, 5.74) is 1.17. The molecule has 0 aromatic heterocycles. The molecule has 22 heavy (non-hydrogen) atoms. The minimum Gasteiger partial charge on any atom is -0.395 e. The van der Waals surface area contributed by atoms with E-state index >= 15 is 0 Å². The Morgan fingerprint density at radius 2 is 2.00 bits per heavy atom. The van der Waals surface area contributed by atoms with Gasteiger partial charge in [-0.05, 0) is 18.4 Å². The number of aryl methyl sites for hydroxylation is 1. The Hall–Kier alpha value is -0.840. The van der Waals surface area contributed by atoms with Crippen molar-refractivity contribution >= 4 is 16.9 Å². The fourth-order valence-corrected chi connectivity index (χ4v) is 2.94. The molecule has 0 spiro atoms. The first-order valence-corrected chi connectivity index (χ1v) is 9.06. The summed E-state index contributed by atoms with van der Waals surface area (Å²) in [6, 6.07) is 9.99. The van der Waals surface area contributed by atoms with E-state index in [4.69, 9.17) is 4.74 Å². The molecule has 0 heterocycles. The topological polar surface area (TPSA) is 46.5 Å². The van der Waals surface area contributed by atoms with Gasteiger partial charge < -0.3 is 9.84 Å². The maximum absolute atomic E-state index is 12.0. The molecule has 0 radical (unpaired) electrons. The summed E-state index contributed by atoms with van der Waals surface area (Å²) in [6.07, 6.45) is 5.94. The Morgan fingerprint density at radius 3 is 2.68 bits per heavy atom. The second-order valence-electron chi connectivity index (χ2n) is 5.42. The van der Waals surface area contributed by atoms with E-state index in [0.717, 1.165) is 19.4 Å². The van der Waals surface area contributed by atoms with Crippen LogP contribution < -0.4 is 0 Å². The van der Waals surface area contributed by atoms with Crippen LogP contribution in [0, 0.1) is 0 Å². The molecule has 0 bridgehead atoms. The minimum absolute atomic E-state index is 0.0172. The standard InChI is InChI=1S/C18H28O3S/c1-2-3-4-8-13-21-15-17(14-19)22-18(20)12-11-16-9-6-5-7-10-16/h5-7,9-10,17,19H,2-4,8,11-15H2,1H3/t17-/m0/s1. The van der Waals surface area contributed by atoms with E-state index in [1.807, 2.05) is 30.3 Å². The van der Waals surface area contributed by atoms with Gasteiger partial charge in [0.1, 0.15) is 0 Å². The molecule has 1 rings (SSSR count). The van der Waals surface area contributed by atoms with Crippen LogP contribution in [0.15, 0.2) is 30.3 Å². The molecule has 1 aromatic rings. The third-order valence-electron chi connectivity index (χ3n) is 3.41. The fourth-order valence-electron chi connectivity index (χ4n) is 2.11. The molecule has 0 aliphatic carbocycles. The van der Waals surface area contributed by atoms with Gasteiger partial charge in [0.2, 0.25) is 0 Å². The number of ether oxygens (including phenoxy) is 1. The van der Waals surface area contributed by atoms with Gasteiger partial charge in [-0.2, -0.15) is 0 Å². The Kier molecular flexibility index (Phi) is 11.1. The predicted molar refractivity (Wildman–Crippen MR) is 93.2 cm³/mol. The number of rotatable bonds is 12. The van der Waals surface area contributed by atoms with Gasteiger partial charge in [-0.1, -0.05) is 68.3 Å². The van der Waals surface area contributed by atoms with Crippen molar-refractivity contribution in [3.8, 4) is 0 Å². The summed E-state index contributed by atoms with van der Waals surface area (Å²) in [7, 11) is 0. The molecule has 124 valence electrons. The molecule has 1 atom stereocenters. The lowest BCUT2D eigenvalue weighted by Crippen LogP contribution is -2.19. The van der Waals surface area contributed by atoms with E-state index in [0.29, 0.717) is 13.0 Å². The van der Waals surface area contributed by atoms with Gasteiger partial charge >= 0.3 is 0 Å². The highest BCUT2D eigenvalue weighted by atomic mass is 32.2. The number of hydrogen-bond donors (Lipinski definition) is 1. The zero-order valence-electron chi connectivity index (χ0n) is 13.5. The first-order chi connectivity index (χ1) is 10.8. The Morgan fingerprint density at radius 1 is 1.23 bits per heavy atom. The molecule has 0 aliphatic rings. The minimum atomic E-state index is -0.144. The van der Waals surface area contributed by atoms with E-state index in [1.165, 1.54) is 36.6 Å². The third kappa shape index (κ3) is 9.23. The van der Waals surface area contributed by atoms with Crippen molar-refractivity contribution in [2.24, 2.45) is 0 Å². The fraction of sp³-hybridized carbons (Fsp3) is 0.611. The molecule has 0 amide bonds. The monoisotopic (exact) mass is 324 g/mol. The lowest BCUT2D eigenvalue weighted by molar-refractivity contribution is -0.111. The number of unbranched alkanes of at least 4 members (excludes halogenated alkanes) is 3. The Labute approximate surface area is 138 Å². The maximum Gasteiger partial charge on any atom is 0.189 e. The number of hydrogen-bond acceptors (Lipinski definition) is 4. The first kappa shape index (κ1) is 19.2. The van der Waals surface area contributed by atoms with Crippen molar-refractivity contribution in [1.82, 2.24) is 0 Å². The summed E-state index contributed by atoms with van der Waals surface area (Å²) >= 11 is 1.22. The zero-order chi connectivity index (χ0) is 16.0. The summed E-state index contributed by atoms with van der Waals surface area (Å²) in [4.78, 5) is 12.0. The number of thioether (sulfide) groups is 1. The lowest BCUT2D eigenvalue weighted by Gasteiger charge is -2.13. The largest absolute Gasteiger partial charge is 0.395 e. The van der Waals surface area contributed by atoms with Crippen LogP contribution >= 0.6 is 11.8 Å². The Bertz CT molecular complexity index is 395. The van der Waals surface area contributed by atoms with Gasteiger partial charge in [-0.15, -0.1) is 0 Å². The molecular formula is C18H28O3S. The second kappa shape index (κ2) is 12.7. The average molecular weight is 324 g/mol. The number of aliphatic hydroxyl groups excluding tert-OH is 1. The highest BCUT2D eigenvalue weighted by Gasteiger charge is 2.14. The molecule has 0 unspecified atom stereocenters. The van der Waals surface area contributed by atoms with Crippen LogP contribution in [-0.4, -0.2) is 35.3 Å². The van der Waals surface area contributed by atoms with Crippen LogP contribution in [0.5, 0.6) is 0 Å². The maximum atomic E-state index is 12.0. The normalized spacial score (nSPS) is 12.3. The van der Waals surface area contributed by atoms with Gasteiger partial charge in [0.25, 0.3) is 0 Å². The van der Waals surface area contributed by atoms with Crippen molar-refractivity contribution in [1.29, 1.82) is 0 Å². The van der Waals surface area contributed by atoms with Crippen LogP contribution in [0.1, 0.15) is 44.6 Å². The van der Waals surface area contributed by atoms with Crippen LogP contribution in [0.3, 0.4) is 0 Å². The summed E-state index contributed by atoms with van der Waals surface area (Å²) < 4.78 is 5.56. The molecular weight excluding hydrogens is 296 g/mol. The van der Waals surface area contributed by atoms with E-state index in [-0.39, 0.29) is 17.0 Å². The molecule has 1 N–H and O–H groups in total. The quantitative estimate of drug-likeness (QED) is 0.594. The van der Waals surface area contributed by atoms with Crippen LogP contribution in [0.2, 0.25) is 0 Å². The van der Waals surface area contributed by atoms with E-state index < -0.39 is 0 Å². The van der Waals surface area contributed by atoms with E-state index in [2.05, 4.69) is 6.92 Å². The van der Waals surface area contributed by atoms with E-state index in [9.17, 15) is 9.90 Å². The third-order valence-corrected chi connectivity index (χ3v) is 4.49. The summed E-state index contributed by atoms with van der Waals surface area (Å²) in [5.74, 6) is 0. The number of carbonyl (C=O) groups excluding carboxylic acids is 1. The van der Waals surface area contributed by atoms with Crippen molar-refractivity contribution in [3.63, 3.8) is 0 Å². The molecule has 4 heteroatoms. The number of benzene rings is 1. The van der Waals surface area contributed by atoms with Crippen LogP contribution in [0.25, 0.3) is 0 Å². The molecule has 0 saturated carbocycles. The number of aliphatic hydroxyl groups is 1. The van der Waals surface area contributed by atoms with Gasteiger partial charge in [0.05, 0.1) is 18.5 Å². The van der Waals surface area contributed by atoms with Crippen molar-refractivity contribution in [2.75, 3.05) is 19.8 Å². The van der Waals surface area contributed by atoms with Crippen molar-refractivity contribution in [3.05, 3.63) is 35.9 Å². The predicted octanol–water partition coefficient (Wildman–Crippen LogP) is 3.84. The van der Waals surface area contributed by atoms with Gasteiger partial charge in [0.15, 0.2) is 5.12 Å². The van der Waals surface area contributed by atoms with Crippen molar-refractivity contribution in [2.45, 2.75) is 50.7 Å². The zero-order valence-corrected chi connectivity index (χ0v) is 14.3. The highest BCUT2D eigenvalue weighted by Crippen LogP contribution is 2.16. The van der Waals surface area contributed by atoms with Gasteiger partial charge in [-0.3, -0.25) is 4.79 Å². The van der Waals surface area contributed by atoms with Crippen LogP contribution in [-0.2, 0) is 16.0 Å². The molecule has 0 fully saturated rings. The summed E-state index contributed by atoms with van der Waals surface area (Å²) in [6.45, 7) is 3.33. The number of carbonyl (C=O) groups is 1. The lowest BCUT2D eigenvalue weighted by atomic mass is 10.1. The second-order valence-corrected chi connectivity index (χ2v) is 6.77. The molecule has 0 aliphatic heterocycles. The molecule has 3 nitrogen and oxygen atoms in total. The molecule has 0 saturated heterocycles. The van der Waals surface area contributed by atoms with Gasteiger partial charge in [-0.25, -0.2) is 0 Å². The summed E-state index contributed by atoms with van der Waals surface area (Å²) in [5, 5.41) is 9.33. The van der Waals surface area contributed by atoms with E-state index in [1.54, 1.807) is 0 Å². The highest BCUT2D eigenvalue weighted by molar-refractivity contribution is 8.14. The average Bonchev–Trinajstić information content (AvgIpc) is 2.56. The Balaban J connectivity index is 2.14. The first-order valence-electron chi connectivity index (χ1n) is 8.18.